The van der Waals surface area contributed by atoms with Gasteiger partial charge in [-0.1, -0.05) is 137 Å². The van der Waals surface area contributed by atoms with E-state index in [9.17, 15) is 0 Å². The van der Waals surface area contributed by atoms with Crippen molar-refractivity contribution in [1.29, 1.82) is 0 Å². The largest absolute Gasteiger partial charge is 0.289 e. The first-order valence-electron chi connectivity index (χ1n) is 18.1. The molecule has 0 amide bonds. The van der Waals surface area contributed by atoms with E-state index in [0.29, 0.717) is 29.6 Å². The van der Waals surface area contributed by atoms with Gasteiger partial charge < -0.3 is 0 Å². The summed E-state index contributed by atoms with van der Waals surface area (Å²) in [5.41, 5.74) is 10.2. The summed E-state index contributed by atoms with van der Waals surface area (Å²) in [5.74, 6) is 1.94. The normalized spacial score (nSPS) is 19.4. The summed E-state index contributed by atoms with van der Waals surface area (Å²) in [6.45, 7) is 26.7. The minimum absolute atomic E-state index is 0.235. The van der Waals surface area contributed by atoms with Crippen LogP contribution >= 0.6 is 0 Å². The van der Waals surface area contributed by atoms with Crippen LogP contribution in [0.2, 0.25) is 0 Å². The average molecular weight is 641 g/mol. The topological polar surface area (TPSA) is 25.2 Å². The predicted molar refractivity (Wildman–Crippen MR) is 213 cm³/mol. The van der Waals surface area contributed by atoms with Crippen molar-refractivity contribution in [3.63, 3.8) is 0 Å². The van der Waals surface area contributed by atoms with Crippen molar-refractivity contribution in [2.24, 2.45) is 34.6 Å². The zero-order valence-electron chi connectivity index (χ0n) is 31.0. The van der Waals surface area contributed by atoms with Gasteiger partial charge in [-0.25, -0.2) is 0 Å². The Hall–Kier alpha value is -4.04. The van der Waals surface area contributed by atoms with Gasteiger partial charge in [-0.05, 0) is 110 Å². The smallest absolute Gasteiger partial charge is 0.0568 e. The number of aromatic nitrogens is 1. The van der Waals surface area contributed by atoms with Crippen LogP contribution in [0.25, 0.3) is 11.1 Å². The van der Waals surface area contributed by atoms with Gasteiger partial charge in [0.1, 0.15) is 0 Å². The Morgan fingerprint density at radius 2 is 1.77 bits per heavy atom. The van der Waals surface area contributed by atoms with Crippen LogP contribution in [-0.2, 0) is 0 Å². The highest BCUT2D eigenvalue weighted by Crippen LogP contribution is 2.42. The molecule has 6 atom stereocenters. The summed E-state index contributed by atoms with van der Waals surface area (Å²) >= 11 is 0. The van der Waals surface area contributed by atoms with Crippen LogP contribution < -0.4 is 0 Å². The molecule has 1 aliphatic heterocycles. The molecular weight excluding hydrogens is 581 g/mol. The summed E-state index contributed by atoms with van der Waals surface area (Å²) in [4.78, 5) is 9.45. The van der Waals surface area contributed by atoms with E-state index < -0.39 is 0 Å². The molecule has 254 valence electrons. The van der Waals surface area contributed by atoms with Gasteiger partial charge in [-0.15, -0.1) is 6.58 Å². The van der Waals surface area contributed by atoms with Crippen molar-refractivity contribution in [2.75, 3.05) is 0 Å². The fourth-order valence-electron chi connectivity index (χ4n) is 7.21. The van der Waals surface area contributed by atoms with Gasteiger partial charge in [0.05, 0.1) is 6.04 Å². The number of rotatable bonds is 17. The van der Waals surface area contributed by atoms with Gasteiger partial charge in [0.15, 0.2) is 0 Å². The lowest BCUT2D eigenvalue weighted by atomic mass is 9.67. The van der Waals surface area contributed by atoms with Gasteiger partial charge in [0.25, 0.3) is 0 Å². The van der Waals surface area contributed by atoms with Crippen LogP contribution in [0.4, 0.5) is 0 Å². The number of hydrogen-bond donors (Lipinski definition) is 0. The van der Waals surface area contributed by atoms with E-state index in [-0.39, 0.29) is 6.04 Å². The number of dihydropyridines is 1. The Kier molecular flexibility index (Phi) is 15.8. The van der Waals surface area contributed by atoms with Gasteiger partial charge in [-0.2, -0.15) is 0 Å². The third-order valence-corrected chi connectivity index (χ3v) is 10.4. The number of pyridine rings is 1. The summed E-state index contributed by atoms with van der Waals surface area (Å²) in [7, 11) is 0. The van der Waals surface area contributed by atoms with Gasteiger partial charge >= 0.3 is 0 Å². The van der Waals surface area contributed by atoms with E-state index in [2.05, 4.69) is 159 Å². The number of allylic oxidation sites excluding steroid dienone is 13. The van der Waals surface area contributed by atoms with Crippen molar-refractivity contribution < 1.29 is 0 Å². The van der Waals surface area contributed by atoms with Crippen LogP contribution in [0.3, 0.4) is 0 Å². The van der Waals surface area contributed by atoms with Crippen molar-refractivity contribution >= 4 is 17.4 Å². The number of benzene rings is 1. The van der Waals surface area contributed by atoms with E-state index in [0.717, 1.165) is 36.8 Å². The highest BCUT2D eigenvalue weighted by molar-refractivity contribution is 6.10. The number of nitrogens with zero attached hydrogens (tertiary/aromatic N) is 2. The lowest BCUT2D eigenvalue weighted by Crippen LogP contribution is -2.34. The minimum atomic E-state index is 0.235. The van der Waals surface area contributed by atoms with E-state index in [4.69, 9.17) is 4.99 Å². The Balaban J connectivity index is 2.06. The molecule has 0 aliphatic carbocycles. The lowest BCUT2D eigenvalue weighted by Gasteiger charge is -2.39. The molecule has 2 heteroatoms. The Morgan fingerprint density at radius 3 is 2.33 bits per heavy atom. The summed E-state index contributed by atoms with van der Waals surface area (Å²) in [5, 5.41) is 0. The third kappa shape index (κ3) is 9.99. The minimum Gasteiger partial charge on any atom is -0.289 e. The molecule has 0 radical (unpaired) electrons. The highest BCUT2D eigenvalue weighted by atomic mass is 14.8. The monoisotopic (exact) mass is 640 g/mol. The molecule has 6 unspecified atom stereocenters. The van der Waals surface area contributed by atoms with Gasteiger partial charge in [0.2, 0.25) is 0 Å². The fourth-order valence-corrected chi connectivity index (χ4v) is 7.21. The molecule has 0 saturated heterocycles. The molecule has 1 aromatic heterocycles. The zero-order valence-corrected chi connectivity index (χ0v) is 31.0. The SMILES string of the molecule is C=C\C=C/C(=C(\C)C(C)C(/C=C\C)C(C)C(C)C(CC=C)C1CC=C(c2cccnc2)C=N1)C(=C(/C=C\CC)CC)/c1ccc(C)cc1. The molecule has 0 spiro atoms. The van der Waals surface area contributed by atoms with E-state index in [1.165, 1.54) is 33.4 Å². The van der Waals surface area contributed by atoms with Crippen LogP contribution in [0.5, 0.6) is 0 Å². The summed E-state index contributed by atoms with van der Waals surface area (Å²) in [6.07, 6.45) is 29.7. The maximum Gasteiger partial charge on any atom is 0.0568 e. The molecule has 2 heterocycles. The maximum atomic E-state index is 5.15. The number of aryl methyl sites for hydroxylation is 1. The Morgan fingerprint density at radius 1 is 1.02 bits per heavy atom. The van der Waals surface area contributed by atoms with Crippen molar-refractivity contribution in [3.05, 3.63) is 150 Å². The third-order valence-electron chi connectivity index (χ3n) is 10.4. The van der Waals surface area contributed by atoms with Crippen molar-refractivity contribution in [3.8, 4) is 0 Å². The number of aliphatic imine (C=N–C) groups is 1. The van der Waals surface area contributed by atoms with Crippen LogP contribution in [0, 0.1) is 36.5 Å². The molecule has 1 aliphatic rings. The lowest BCUT2D eigenvalue weighted by molar-refractivity contribution is 0.172. The Labute approximate surface area is 293 Å². The van der Waals surface area contributed by atoms with Crippen LogP contribution in [0.15, 0.2) is 138 Å². The van der Waals surface area contributed by atoms with E-state index in [1.54, 1.807) is 0 Å². The van der Waals surface area contributed by atoms with Gasteiger partial charge in [-0.3, -0.25) is 9.98 Å². The Bertz CT molecular complexity index is 1540. The molecule has 1 aromatic carbocycles. The predicted octanol–water partition coefficient (Wildman–Crippen LogP) is 12.8. The fraction of sp³-hybridized carbons (Fsp3) is 0.391. The molecule has 3 rings (SSSR count). The quantitative estimate of drug-likeness (QED) is 0.125. The standard InChI is InChI=1S/C46H60N2/c1-11-16-21-38(15-5)46(39-26-24-33(6)25-27-39)44(23-17-12-2)37(10)35(8)42(19-13-3)34(7)36(9)43(20-14-4)45-29-28-41(32-48-45)40-22-18-30-47-31-40/h12-14,16-19,21-28,30-32,34-36,42-43,45H,2,4,11,15,20,29H2,1,3,5-10H3/b19-13-,21-16-,23-17-,44-37-,46-38+. The first-order chi connectivity index (χ1) is 23.2. The van der Waals surface area contributed by atoms with Gasteiger partial charge in [0, 0.05) is 24.2 Å². The molecule has 2 aromatic rings. The molecule has 0 fully saturated rings. The second-order valence-electron chi connectivity index (χ2n) is 13.4. The molecule has 2 nitrogen and oxygen atoms in total. The summed E-state index contributed by atoms with van der Waals surface area (Å²) < 4.78 is 0. The molecular formula is C46H60N2. The molecule has 0 saturated carbocycles. The molecule has 0 N–H and O–H groups in total. The van der Waals surface area contributed by atoms with Crippen LogP contribution in [0.1, 0.15) is 90.8 Å². The second-order valence-corrected chi connectivity index (χ2v) is 13.4. The zero-order chi connectivity index (χ0) is 35.1. The molecule has 48 heavy (non-hydrogen) atoms. The summed E-state index contributed by atoms with van der Waals surface area (Å²) in [6, 6.07) is 13.4. The highest BCUT2D eigenvalue weighted by Gasteiger charge is 2.35. The molecule has 0 bridgehead atoms. The number of hydrogen-bond acceptors (Lipinski definition) is 2. The maximum absolute atomic E-state index is 5.15. The first kappa shape index (κ1) is 38.4. The van der Waals surface area contributed by atoms with Crippen molar-refractivity contribution in [2.45, 2.75) is 87.1 Å². The van der Waals surface area contributed by atoms with E-state index in [1.807, 2.05) is 24.5 Å². The van der Waals surface area contributed by atoms with E-state index >= 15 is 0 Å². The second kappa shape index (κ2) is 19.7. The average Bonchev–Trinajstić information content (AvgIpc) is 3.12. The van der Waals surface area contributed by atoms with Crippen molar-refractivity contribution in [1.82, 2.24) is 4.98 Å². The first-order valence-corrected chi connectivity index (χ1v) is 18.1. The van der Waals surface area contributed by atoms with Crippen LogP contribution in [-0.4, -0.2) is 17.2 Å².